The average molecular weight is 449 g/mol. The molecule has 172 valence electrons. The molecule has 1 aromatic carbocycles. The fourth-order valence-electron chi connectivity index (χ4n) is 3.48. The number of ether oxygens (including phenoxy) is 1. The van der Waals surface area contributed by atoms with E-state index in [1.807, 2.05) is 0 Å². The summed E-state index contributed by atoms with van der Waals surface area (Å²) in [5, 5.41) is 2.74. The third-order valence-electron chi connectivity index (χ3n) is 5.01. The molecule has 1 aromatic heterocycles. The van der Waals surface area contributed by atoms with Gasteiger partial charge in [-0.1, -0.05) is 24.3 Å². The van der Waals surface area contributed by atoms with Crippen LogP contribution in [0.4, 0.5) is 18.0 Å². The van der Waals surface area contributed by atoms with Crippen molar-refractivity contribution in [3.63, 3.8) is 0 Å². The Hall–Kier alpha value is -3.10. The van der Waals surface area contributed by atoms with Crippen LogP contribution in [0.3, 0.4) is 0 Å². The van der Waals surface area contributed by atoms with Gasteiger partial charge >= 0.3 is 6.09 Å². The van der Waals surface area contributed by atoms with E-state index in [0.717, 1.165) is 6.20 Å². The van der Waals surface area contributed by atoms with E-state index in [0.29, 0.717) is 30.6 Å². The Morgan fingerprint density at radius 3 is 2.56 bits per heavy atom. The van der Waals surface area contributed by atoms with E-state index >= 15 is 0 Å². The van der Waals surface area contributed by atoms with Gasteiger partial charge in [0.25, 0.3) is 6.43 Å². The first-order valence-electron chi connectivity index (χ1n) is 10.4. The molecule has 6 nitrogen and oxygen atoms in total. The Bertz CT molecular complexity index is 975. The van der Waals surface area contributed by atoms with Gasteiger partial charge in [-0.3, -0.25) is 14.7 Å². The lowest BCUT2D eigenvalue weighted by atomic mass is 10.0. The molecule has 3 rings (SSSR count). The first-order chi connectivity index (χ1) is 15.0. The Morgan fingerprint density at radius 2 is 1.94 bits per heavy atom. The standard InChI is InChI=1S/C23H26F3N3O3/c1-23(2,3)32-22(31)29-10-4-5-19(29)21(30)28-12-16-11-17(18(24)13-27-16)14-6-8-15(9-7-14)20(25)26/h6-9,11,13,19-20H,4-5,10,12H2,1-3H3,(H,28,30). The maximum Gasteiger partial charge on any atom is 0.410 e. The molecule has 32 heavy (non-hydrogen) atoms. The van der Waals surface area contributed by atoms with Crippen LogP contribution in [0.5, 0.6) is 0 Å². The number of benzene rings is 1. The van der Waals surface area contributed by atoms with Crippen molar-refractivity contribution in [3.8, 4) is 11.1 Å². The molecule has 1 unspecified atom stereocenters. The van der Waals surface area contributed by atoms with Crippen LogP contribution >= 0.6 is 0 Å². The first-order valence-corrected chi connectivity index (χ1v) is 10.4. The molecular formula is C23H26F3N3O3. The first kappa shape index (κ1) is 23.6. The Balaban J connectivity index is 1.67. The summed E-state index contributed by atoms with van der Waals surface area (Å²) in [6, 6.07) is 6.14. The predicted octanol–water partition coefficient (Wildman–Crippen LogP) is 4.84. The average Bonchev–Trinajstić information content (AvgIpc) is 3.22. The predicted molar refractivity (Wildman–Crippen MR) is 112 cm³/mol. The lowest BCUT2D eigenvalue weighted by Gasteiger charge is -2.28. The molecule has 1 fully saturated rings. The molecule has 2 heterocycles. The summed E-state index contributed by atoms with van der Waals surface area (Å²) in [4.78, 5) is 30.5. The molecule has 1 aliphatic rings. The van der Waals surface area contributed by atoms with Crippen LogP contribution in [0.25, 0.3) is 11.1 Å². The van der Waals surface area contributed by atoms with Crippen LogP contribution in [0, 0.1) is 5.82 Å². The van der Waals surface area contributed by atoms with Crippen molar-refractivity contribution in [2.45, 2.75) is 58.2 Å². The number of amides is 2. The number of likely N-dealkylation sites (tertiary alicyclic amines) is 1. The van der Waals surface area contributed by atoms with Crippen LogP contribution in [0.15, 0.2) is 36.5 Å². The van der Waals surface area contributed by atoms with Gasteiger partial charge in [0.1, 0.15) is 17.5 Å². The van der Waals surface area contributed by atoms with Crippen LogP contribution in [-0.4, -0.2) is 40.1 Å². The molecule has 1 aliphatic heterocycles. The third kappa shape index (κ3) is 5.77. The van der Waals surface area contributed by atoms with Crippen molar-refractivity contribution in [3.05, 3.63) is 53.6 Å². The van der Waals surface area contributed by atoms with Crippen LogP contribution in [-0.2, 0) is 16.1 Å². The van der Waals surface area contributed by atoms with Gasteiger partial charge in [-0.25, -0.2) is 18.0 Å². The summed E-state index contributed by atoms with van der Waals surface area (Å²) in [7, 11) is 0. The number of aromatic nitrogens is 1. The number of rotatable bonds is 5. The number of carbonyl (C=O) groups excluding carboxylic acids is 2. The maximum atomic E-state index is 14.3. The van der Waals surface area contributed by atoms with E-state index in [1.165, 1.54) is 35.2 Å². The van der Waals surface area contributed by atoms with Crippen molar-refractivity contribution in [1.82, 2.24) is 15.2 Å². The van der Waals surface area contributed by atoms with E-state index in [-0.39, 0.29) is 23.6 Å². The molecule has 1 atom stereocenters. The molecular weight excluding hydrogens is 423 g/mol. The summed E-state index contributed by atoms with van der Waals surface area (Å²) < 4.78 is 45.2. The summed E-state index contributed by atoms with van der Waals surface area (Å²) in [6.07, 6.45) is -0.910. The Morgan fingerprint density at radius 1 is 1.25 bits per heavy atom. The van der Waals surface area contributed by atoms with Crippen LogP contribution in [0.2, 0.25) is 0 Å². The van der Waals surface area contributed by atoms with Crippen molar-refractivity contribution in [2.24, 2.45) is 0 Å². The molecule has 0 aliphatic carbocycles. The summed E-state index contributed by atoms with van der Waals surface area (Å²) in [5.41, 5.74) is 0.203. The van der Waals surface area contributed by atoms with Gasteiger partial charge < -0.3 is 10.1 Å². The monoisotopic (exact) mass is 449 g/mol. The van der Waals surface area contributed by atoms with Crippen molar-refractivity contribution >= 4 is 12.0 Å². The topological polar surface area (TPSA) is 71.5 Å². The fourth-order valence-corrected chi connectivity index (χ4v) is 3.48. The van der Waals surface area contributed by atoms with Gasteiger partial charge in [0.15, 0.2) is 0 Å². The van der Waals surface area contributed by atoms with E-state index in [2.05, 4.69) is 10.3 Å². The second-order valence-corrected chi connectivity index (χ2v) is 8.63. The van der Waals surface area contributed by atoms with Gasteiger partial charge in [0.2, 0.25) is 5.91 Å². The molecule has 2 aromatic rings. The molecule has 0 spiro atoms. The number of alkyl halides is 2. The minimum atomic E-state index is -2.60. The molecule has 0 saturated carbocycles. The molecule has 9 heteroatoms. The van der Waals surface area contributed by atoms with Crippen molar-refractivity contribution in [1.29, 1.82) is 0 Å². The van der Waals surface area contributed by atoms with E-state index < -0.39 is 30.0 Å². The second-order valence-electron chi connectivity index (χ2n) is 8.63. The number of pyridine rings is 1. The second kappa shape index (κ2) is 9.58. The highest BCUT2D eigenvalue weighted by molar-refractivity contribution is 5.86. The van der Waals surface area contributed by atoms with Crippen LogP contribution in [0.1, 0.15) is 51.3 Å². The van der Waals surface area contributed by atoms with Crippen LogP contribution < -0.4 is 5.32 Å². The SMILES string of the molecule is CC(C)(C)OC(=O)N1CCCC1C(=O)NCc1cc(-c2ccc(C(F)F)cc2)c(F)cn1. The normalized spacial score (nSPS) is 16.3. The highest BCUT2D eigenvalue weighted by Gasteiger charge is 2.36. The van der Waals surface area contributed by atoms with Gasteiger partial charge in [-0.05, 0) is 45.2 Å². The number of carbonyl (C=O) groups is 2. The quantitative estimate of drug-likeness (QED) is 0.709. The van der Waals surface area contributed by atoms with Gasteiger partial charge in [-0.15, -0.1) is 0 Å². The lowest BCUT2D eigenvalue weighted by Crippen LogP contribution is -2.47. The molecule has 1 saturated heterocycles. The molecule has 0 bridgehead atoms. The number of nitrogens with zero attached hydrogens (tertiary/aromatic N) is 2. The van der Waals surface area contributed by atoms with Gasteiger partial charge in [0, 0.05) is 17.7 Å². The fraction of sp³-hybridized carbons (Fsp3) is 0.435. The van der Waals surface area contributed by atoms with Gasteiger partial charge in [0.05, 0.1) is 18.4 Å². The van der Waals surface area contributed by atoms with Gasteiger partial charge in [-0.2, -0.15) is 0 Å². The zero-order valence-corrected chi connectivity index (χ0v) is 18.2. The van der Waals surface area contributed by atoms with E-state index in [4.69, 9.17) is 4.74 Å². The number of hydrogen-bond donors (Lipinski definition) is 1. The minimum Gasteiger partial charge on any atom is -0.444 e. The van der Waals surface area contributed by atoms with E-state index in [9.17, 15) is 22.8 Å². The zero-order valence-electron chi connectivity index (χ0n) is 18.2. The Labute approximate surface area is 184 Å². The smallest absolute Gasteiger partial charge is 0.410 e. The third-order valence-corrected chi connectivity index (χ3v) is 5.01. The lowest BCUT2D eigenvalue weighted by molar-refractivity contribution is -0.125. The Kier molecular flexibility index (Phi) is 7.06. The summed E-state index contributed by atoms with van der Waals surface area (Å²) >= 11 is 0. The summed E-state index contributed by atoms with van der Waals surface area (Å²) in [6.45, 7) is 5.74. The minimum absolute atomic E-state index is 0.0277. The largest absolute Gasteiger partial charge is 0.444 e. The van der Waals surface area contributed by atoms with Crippen molar-refractivity contribution in [2.75, 3.05) is 6.54 Å². The number of halogens is 3. The highest BCUT2D eigenvalue weighted by atomic mass is 19.3. The van der Waals surface area contributed by atoms with E-state index in [1.54, 1.807) is 20.8 Å². The maximum absolute atomic E-state index is 14.3. The molecule has 2 amide bonds. The number of nitrogens with one attached hydrogen (secondary N) is 1. The highest BCUT2D eigenvalue weighted by Crippen LogP contribution is 2.27. The van der Waals surface area contributed by atoms with Crippen molar-refractivity contribution < 1.29 is 27.5 Å². The molecule has 1 N–H and O–H groups in total. The zero-order chi connectivity index (χ0) is 23.5. The summed E-state index contributed by atoms with van der Waals surface area (Å²) in [5.74, 6) is -0.945. The number of hydrogen-bond acceptors (Lipinski definition) is 4. The molecule has 0 radical (unpaired) electrons.